The zero-order chi connectivity index (χ0) is 5.11. The van der Waals surface area contributed by atoms with Crippen LogP contribution in [0, 0.1) is 0 Å². The lowest BCUT2D eigenvalue weighted by Crippen LogP contribution is -2.15. The van der Waals surface area contributed by atoms with Crippen LogP contribution in [0.4, 0.5) is 0 Å². The molecule has 1 radical (unpaired) electrons. The van der Waals surface area contributed by atoms with Gasteiger partial charge in [-0.2, -0.15) is 11.8 Å². The lowest BCUT2D eigenvalue weighted by atomic mass is 10.2. The molecule has 0 bridgehead atoms. The molecule has 1 fully saturated rings. The van der Waals surface area contributed by atoms with E-state index < -0.39 is 0 Å². The average molecular weight is 117 g/mol. The summed E-state index contributed by atoms with van der Waals surface area (Å²) < 4.78 is 0. The van der Waals surface area contributed by atoms with Gasteiger partial charge in [-0.05, 0) is 18.6 Å². The van der Waals surface area contributed by atoms with Crippen LogP contribution in [-0.4, -0.2) is 17.6 Å². The molecule has 0 spiro atoms. The molecule has 0 saturated carbocycles. The minimum absolute atomic E-state index is 0.123. The molecule has 1 saturated heterocycles. The SMILES string of the molecule is [O]CCC1CCS1. The third-order valence-corrected chi connectivity index (χ3v) is 2.65. The lowest BCUT2D eigenvalue weighted by Gasteiger charge is -2.22. The van der Waals surface area contributed by atoms with E-state index in [1.54, 1.807) is 0 Å². The van der Waals surface area contributed by atoms with Crippen molar-refractivity contribution in [2.24, 2.45) is 0 Å². The van der Waals surface area contributed by atoms with Crippen molar-refractivity contribution in [2.45, 2.75) is 18.1 Å². The molecule has 0 aliphatic carbocycles. The Kier molecular flexibility index (Phi) is 2.00. The van der Waals surface area contributed by atoms with Crippen molar-refractivity contribution >= 4 is 11.8 Å². The fraction of sp³-hybridized carbons (Fsp3) is 1.00. The number of thioether (sulfide) groups is 1. The summed E-state index contributed by atoms with van der Waals surface area (Å²) in [6.07, 6.45) is 2.18. The number of hydrogen-bond acceptors (Lipinski definition) is 1. The molecule has 2 heteroatoms. The van der Waals surface area contributed by atoms with Crippen LogP contribution in [0.2, 0.25) is 0 Å². The smallest absolute Gasteiger partial charge is 0.0832 e. The van der Waals surface area contributed by atoms with Crippen LogP contribution in [0.15, 0.2) is 0 Å². The van der Waals surface area contributed by atoms with Gasteiger partial charge in [-0.3, -0.25) is 0 Å². The highest BCUT2D eigenvalue weighted by Crippen LogP contribution is 2.29. The summed E-state index contributed by atoms with van der Waals surface area (Å²) in [7, 11) is 0. The van der Waals surface area contributed by atoms with Crippen LogP contribution < -0.4 is 0 Å². The van der Waals surface area contributed by atoms with Gasteiger partial charge in [0.25, 0.3) is 0 Å². The topological polar surface area (TPSA) is 19.9 Å². The van der Waals surface area contributed by atoms with Gasteiger partial charge in [0.15, 0.2) is 0 Å². The van der Waals surface area contributed by atoms with E-state index in [1.807, 2.05) is 11.8 Å². The van der Waals surface area contributed by atoms with Gasteiger partial charge in [-0.25, -0.2) is 5.11 Å². The van der Waals surface area contributed by atoms with Crippen molar-refractivity contribution in [3.8, 4) is 0 Å². The zero-order valence-corrected chi connectivity index (χ0v) is 5.04. The fourth-order valence-corrected chi connectivity index (χ4v) is 1.48. The van der Waals surface area contributed by atoms with Crippen LogP contribution in [0.5, 0.6) is 0 Å². The Morgan fingerprint density at radius 1 is 1.71 bits per heavy atom. The molecule has 41 valence electrons. The number of hydrogen-bond donors (Lipinski definition) is 0. The molecular weight excluding hydrogens is 108 g/mol. The molecular formula is C5H9OS. The summed E-state index contributed by atoms with van der Waals surface area (Å²) in [4.78, 5) is 0. The highest BCUT2D eigenvalue weighted by atomic mass is 32.2. The van der Waals surface area contributed by atoms with Crippen LogP contribution >= 0.6 is 11.8 Å². The van der Waals surface area contributed by atoms with Gasteiger partial charge in [0.1, 0.15) is 0 Å². The van der Waals surface area contributed by atoms with Crippen LogP contribution in [0.1, 0.15) is 12.8 Å². The summed E-state index contributed by atoms with van der Waals surface area (Å²) in [6, 6.07) is 0. The first-order chi connectivity index (χ1) is 3.43. The maximum Gasteiger partial charge on any atom is 0.0832 e. The van der Waals surface area contributed by atoms with Gasteiger partial charge < -0.3 is 0 Å². The molecule has 0 N–H and O–H groups in total. The summed E-state index contributed by atoms with van der Waals surface area (Å²) in [5.41, 5.74) is 0. The number of rotatable bonds is 2. The van der Waals surface area contributed by atoms with Gasteiger partial charge in [-0.1, -0.05) is 0 Å². The maximum absolute atomic E-state index is 9.92. The predicted octanol–water partition coefficient (Wildman–Crippen LogP) is 1.31. The fourth-order valence-electron chi connectivity index (χ4n) is 0.644. The van der Waals surface area contributed by atoms with Gasteiger partial charge in [0, 0.05) is 5.25 Å². The van der Waals surface area contributed by atoms with E-state index in [0.29, 0.717) is 0 Å². The second kappa shape index (κ2) is 2.58. The summed E-state index contributed by atoms with van der Waals surface area (Å²) in [6.45, 7) is 0.123. The van der Waals surface area contributed by atoms with E-state index in [-0.39, 0.29) is 6.61 Å². The minimum atomic E-state index is 0.123. The molecule has 0 amide bonds. The highest BCUT2D eigenvalue weighted by molar-refractivity contribution is 8.01. The van der Waals surface area contributed by atoms with Crippen molar-refractivity contribution in [2.75, 3.05) is 12.4 Å². The Balaban J connectivity index is 1.93. The van der Waals surface area contributed by atoms with E-state index in [1.165, 1.54) is 12.2 Å². The average Bonchev–Trinajstić information content (AvgIpc) is 1.55. The molecule has 1 aliphatic heterocycles. The first-order valence-electron chi connectivity index (χ1n) is 2.63. The van der Waals surface area contributed by atoms with Gasteiger partial charge in [0.2, 0.25) is 0 Å². The Morgan fingerprint density at radius 3 is 2.57 bits per heavy atom. The quantitative estimate of drug-likeness (QED) is 0.534. The van der Waals surface area contributed by atoms with Gasteiger partial charge in [-0.15, -0.1) is 0 Å². The molecule has 1 atom stereocenters. The van der Waals surface area contributed by atoms with E-state index in [2.05, 4.69) is 0 Å². The Hall–Kier alpha value is 0.310. The van der Waals surface area contributed by atoms with Crippen LogP contribution in [-0.2, 0) is 5.11 Å². The summed E-state index contributed by atoms with van der Waals surface area (Å²) in [5.74, 6) is 1.28. The predicted molar refractivity (Wildman–Crippen MR) is 31.0 cm³/mol. The van der Waals surface area contributed by atoms with Gasteiger partial charge in [0.05, 0.1) is 6.61 Å². The Labute approximate surface area is 48.1 Å². The first-order valence-corrected chi connectivity index (χ1v) is 3.68. The molecule has 0 aromatic heterocycles. The van der Waals surface area contributed by atoms with Crippen molar-refractivity contribution in [3.63, 3.8) is 0 Å². The second-order valence-corrected chi connectivity index (χ2v) is 3.18. The third kappa shape index (κ3) is 1.35. The zero-order valence-electron chi connectivity index (χ0n) is 4.22. The monoisotopic (exact) mass is 117 g/mol. The molecule has 1 unspecified atom stereocenters. The molecule has 0 aromatic rings. The van der Waals surface area contributed by atoms with Crippen molar-refractivity contribution in [1.82, 2.24) is 0 Å². The van der Waals surface area contributed by atoms with Gasteiger partial charge >= 0.3 is 0 Å². The Morgan fingerprint density at radius 2 is 2.43 bits per heavy atom. The molecule has 7 heavy (non-hydrogen) atoms. The molecule has 0 aromatic carbocycles. The largest absolute Gasteiger partial charge is 0.237 e. The van der Waals surface area contributed by atoms with E-state index >= 15 is 0 Å². The van der Waals surface area contributed by atoms with Crippen molar-refractivity contribution in [1.29, 1.82) is 0 Å². The summed E-state index contributed by atoms with van der Waals surface area (Å²) >= 11 is 1.93. The van der Waals surface area contributed by atoms with Crippen molar-refractivity contribution < 1.29 is 5.11 Å². The van der Waals surface area contributed by atoms with Crippen LogP contribution in [0.3, 0.4) is 0 Å². The van der Waals surface area contributed by atoms with Crippen molar-refractivity contribution in [3.05, 3.63) is 0 Å². The Bertz CT molecular complexity index is 52.0. The minimum Gasteiger partial charge on any atom is -0.237 e. The standard InChI is InChI=1S/C5H9OS/c6-3-1-5-2-4-7-5/h5H,1-4H2. The normalized spacial score (nSPS) is 29.6. The second-order valence-electron chi connectivity index (χ2n) is 1.77. The maximum atomic E-state index is 9.92. The molecule has 1 aliphatic rings. The first kappa shape index (κ1) is 5.45. The molecule has 1 rings (SSSR count). The third-order valence-electron chi connectivity index (χ3n) is 1.23. The van der Waals surface area contributed by atoms with Crippen LogP contribution in [0.25, 0.3) is 0 Å². The highest BCUT2D eigenvalue weighted by Gasteiger charge is 2.16. The van der Waals surface area contributed by atoms with E-state index in [4.69, 9.17) is 0 Å². The van der Waals surface area contributed by atoms with E-state index in [0.717, 1.165) is 11.7 Å². The molecule has 1 nitrogen and oxygen atoms in total. The van der Waals surface area contributed by atoms with E-state index in [9.17, 15) is 5.11 Å². The summed E-state index contributed by atoms with van der Waals surface area (Å²) in [5, 5.41) is 10.7. The molecule has 1 heterocycles. The lowest BCUT2D eigenvalue weighted by molar-refractivity contribution is 0.187.